The van der Waals surface area contributed by atoms with E-state index in [4.69, 9.17) is 11.6 Å². The number of hydrogen-bond donors (Lipinski definition) is 2. The smallest absolute Gasteiger partial charge is 0.374 e. The number of benzene rings is 2. The van der Waals surface area contributed by atoms with Gasteiger partial charge < -0.3 is 10.4 Å². The first kappa shape index (κ1) is 22.1. The number of carbonyl (C=O) groups is 1. The molecular weight excluding hydrogens is 445 g/mol. The van der Waals surface area contributed by atoms with Crippen LogP contribution in [-0.4, -0.2) is 21.8 Å². The van der Waals surface area contributed by atoms with Crippen molar-refractivity contribution >= 4 is 17.5 Å². The molecule has 2 N–H and O–H groups in total. The minimum absolute atomic E-state index is 0.292. The van der Waals surface area contributed by atoms with Gasteiger partial charge in [-0.25, -0.2) is 0 Å². The highest BCUT2D eigenvalue weighted by Gasteiger charge is 2.31. The Morgan fingerprint density at radius 3 is 2.38 bits per heavy atom. The monoisotopic (exact) mass is 462 g/mol. The molecule has 2 atom stereocenters. The standard InChI is InChI=1S/C23H18ClF3N2O3/c24-21-16(2-1-3-17(21)18-8-9-19(30)28-22(18)32)13-4-6-15(7-5-13)29-11-10-14(12-20(29)31)23(25,26)27/h1-7,10-12,18-19,30H,8-9H2,(H,28,32). The molecule has 1 aliphatic rings. The third kappa shape index (κ3) is 4.28. The first-order valence-electron chi connectivity index (χ1n) is 9.83. The van der Waals surface area contributed by atoms with E-state index in [-0.39, 0.29) is 5.91 Å². The highest BCUT2D eigenvalue weighted by Crippen LogP contribution is 2.37. The van der Waals surface area contributed by atoms with Gasteiger partial charge in [-0.2, -0.15) is 13.2 Å². The number of aromatic nitrogens is 1. The first-order chi connectivity index (χ1) is 15.1. The molecule has 1 fully saturated rings. The van der Waals surface area contributed by atoms with Crippen LogP contribution in [0.4, 0.5) is 13.2 Å². The molecule has 0 bridgehead atoms. The molecule has 1 saturated heterocycles. The van der Waals surface area contributed by atoms with Crippen LogP contribution < -0.4 is 10.9 Å². The zero-order valence-electron chi connectivity index (χ0n) is 16.6. The fourth-order valence-corrected chi connectivity index (χ4v) is 4.17. The molecule has 5 nitrogen and oxygen atoms in total. The van der Waals surface area contributed by atoms with Crippen LogP contribution >= 0.6 is 11.6 Å². The van der Waals surface area contributed by atoms with Crippen LogP contribution in [0.1, 0.15) is 29.9 Å². The van der Waals surface area contributed by atoms with Crippen LogP contribution in [0.25, 0.3) is 16.8 Å². The molecule has 9 heteroatoms. The van der Waals surface area contributed by atoms with E-state index in [9.17, 15) is 27.9 Å². The lowest BCUT2D eigenvalue weighted by Gasteiger charge is -2.27. The third-order valence-electron chi connectivity index (χ3n) is 5.46. The van der Waals surface area contributed by atoms with Crippen LogP contribution in [0.2, 0.25) is 5.02 Å². The number of carbonyl (C=O) groups excluding carboxylic acids is 1. The summed E-state index contributed by atoms with van der Waals surface area (Å²) in [6.45, 7) is 0. The van der Waals surface area contributed by atoms with Crippen molar-refractivity contribution in [2.75, 3.05) is 0 Å². The molecule has 0 aliphatic carbocycles. The summed E-state index contributed by atoms with van der Waals surface area (Å²) in [6, 6.07) is 13.4. The van der Waals surface area contributed by atoms with Crippen molar-refractivity contribution in [1.82, 2.24) is 9.88 Å². The predicted octanol–water partition coefficient (Wildman–Crippen LogP) is 4.49. The van der Waals surface area contributed by atoms with E-state index >= 15 is 0 Å². The maximum absolute atomic E-state index is 12.8. The summed E-state index contributed by atoms with van der Waals surface area (Å²) < 4.78 is 39.5. The summed E-state index contributed by atoms with van der Waals surface area (Å²) in [5.41, 5.74) is 0.652. The van der Waals surface area contributed by atoms with Crippen LogP contribution in [-0.2, 0) is 11.0 Å². The van der Waals surface area contributed by atoms with E-state index in [1.807, 2.05) is 0 Å². The number of aliphatic hydroxyl groups excluding tert-OH is 1. The predicted molar refractivity (Wildman–Crippen MR) is 114 cm³/mol. The molecule has 2 aromatic carbocycles. The lowest BCUT2D eigenvalue weighted by molar-refractivity contribution is -0.137. The fourth-order valence-electron chi connectivity index (χ4n) is 3.80. The van der Waals surface area contributed by atoms with E-state index in [2.05, 4.69) is 5.32 Å². The van der Waals surface area contributed by atoms with E-state index in [1.54, 1.807) is 42.5 Å². The van der Waals surface area contributed by atoms with Gasteiger partial charge in [0.15, 0.2) is 0 Å². The van der Waals surface area contributed by atoms with Gasteiger partial charge in [-0.1, -0.05) is 41.9 Å². The lowest BCUT2D eigenvalue weighted by Crippen LogP contribution is -2.42. The summed E-state index contributed by atoms with van der Waals surface area (Å²) in [4.78, 5) is 24.4. The van der Waals surface area contributed by atoms with E-state index in [0.29, 0.717) is 40.7 Å². The number of aliphatic hydroxyl groups is 1. The Morgan fingerprint density at radius 1 is 1.03 bits per heavy atom. The maximum Gasteiger partial charge on any atom is 0.416 e. The molecule has 0 spiro atoms. The SMILES string of the molecule is O=C1NC(O)CCC1c1cccc(-c2ccc(-n3ccc(C(F)(F)F)cc3=O)cc2)c1Cl. The Labute approximate surface area is 186 Å². The number of pyridine rings is 1. The van der Waals surface area contributed by atoms with Crippen LogP contribution in [0.15, 0.2) is 65.6 Å². The summed E-state index contributed by atoms with van der Waals surface area (Å²) in [5, 5.41) is 12.5. The van der Waals surface area contributed by atoms with Gasteiger partial charge in [0.05, 0.1) is 16.5 Å². The van der Waals surface area contributed by atoms with E-state index in [0.717, 1.165) is 22.4 Å². The number of halogens is 4. The average molecular weight is 463 g/mol. The number of piperidine rings is 1. The largest absolute Gasteiger partial charge is 0.416 e. The second-order valence-corrected chi connectivity index (χ2v) is 7.91. The van der Waals surface area contributed by atoms with Gasteiger partial charge in [-0.3, -0.25) is 14.2 Å². The van der Waals surface area contributed by atoms with Crippen LogP contribution in [0, 0.1) is 0 Å². The summed E-state index contributed by atoms with van der Waals surface area (Å²) in [5.74, 6) is -0.768. The zero-order valence-corrected chi connectivity index (χ0v) is 17.3. The average Bonchev–Trinajstić information content (AvgIpc) is 2.74. The van der Waals surface area contributed by atoms with Gasteiger partial charge in [0, 0.05) is 23.5 Å². The van der Waals surface area contributed by atoms with Gasteiger partial charge in [0.25, 0.3) is 5.56 Å². The summed E-state index contributed by atoms with van der Waals surface area (Å²) in [6.07, 6.45) is -3.47. The van der Waals surface area contributed by atoms with Crippen LogP contribution in [0.5, 0.6) is 0 Å². The number of amides is 1. The third-order valence-corrected chi connectivity index (χ3v) is 5.88. The Hall–Kier alpha value is -3.10. The Morgan fingerprint density at radius 2 is 1.75 bits per heavy atom. The molecule has 2 unspecified atom stereocenters. The second-order valence-electron chi connectivity index (χ2n) is 7.53. The molecule has 1 amide bonds. The molecule has 1 aromatic heterocycles. The Balaban J connectivity index is 1.64. The topological polar surface area (TPSA) is 71.3 Å². The van der Waals surface area contributed by atoms with Gasteiger partial charge >= 0.3 is 6.18 Å². The van der Waals surface area contributed by atoms with Crippen LogP contribution in [0.3, 0.4) is 0 Å². The van der Waals surface area contributed by atoms with Crippen molar-refractivity contribution in [3.05, 3.63) is 87.3 Å². The quantitative estimate of drug-likeness (QED) is 0.602. The van der Waals surface area contributed by atoms with Crippen molar-refractivity contribution in [3.63, 3.8) is 0 Å². The summed E-state index contributed by atoms with van der Waals surface area (Å²) >= 11 is 6.62. The van der Waals surface area contributed by atoms with Crippen molar-refractivity contribution in [2.24, 2.45) is 0 Å². The molecular formula is C23H18ClF3N2O3. The molecule has 4 rings (SSSR count). The molecule has 166 valence electrons. The fraction of sp³-hybridized carbons (Fsp3) is 0.217. The zero-order chi connectivity index (χ0) is 23.0. The van der Waals surface area contributed by atoms with Gasteiger partial charge in [0.1, 0.15) is 6.23 Å². The highest BCUT2D eigenvalue weighted by atomic mass is 35.5. The molecule has 0 radical (unpaired) electrons. The highest BCUT2D eigenvalue weighted by molar-refractivity contribution is 6.34. The molecule has 3 aromatic rings. The van der Waals surface area contributed by atoms with E-state index < -0.39 is 29.4 Å². The number of hydrogen-bond acceptors (Lipinski definition) is 3. The summed E-state index contributed by atoms with van der Waals surface area (Å²) in [7, 11) is 0. The van der Waals surface area contributed by atoms with Crippen molar-refractivity contribution in [1.29, 1.82) is 0 Å². The number of alkyl halides is 3. The lowest BCUT2D eigenvalue weighted by atomic mass is 9.88. The second kappa shape index (κ2) is 8.44. The number of rotatable bonds is 3. The van der Waals surface area contributed by atoms with Crippen molar-refractivity contribution < 1.29 is 23.1 Å². The molecule has 32 heavy (non-hydrogen) atoms. The molecule has 1 aliphatic heterocycles. The molecule has 2 heterocycles. The minimum Gasteiger partial charge on any atom is -0.374 e. The van der Waals surface area contributed by atoms with Gasteiger partial charge in [-0.15, -0.1) is 0 Å². The Bertz CT molecular complexity index is 1220. The number of nitrogens with one attached hydrogen (secondary N) is 1. The van der Waals surface area contributed by atoms with Gasteiger partial charge in [0.2, 0.25) is 5.91 Å². The van der Waals surface area contributed by atoms with Crippen molar-refractivity contribution in [2.45, 2.75) is 31.2 Å². The van der Waals surface area contributed by atoms with E-state index in [1.165, 1.54) is 0 Å². The maximum atomic E-state index is 12.8. The Kier molecular flexibility index (Phi) is 5.83. The van der Waals surface area contributed by atoms with Gasteiger partial charge in [-0.05, 0) is 42.2 Å². The first-order valence-corrected chi connectivity index (χ1v) is 10.2. The minimum atomic E-state index is -4.59. The number of nitrogens with zero attached hydrogens (tertiary/aromatic N) is 1. The normalized spacial score (nSPS) is 19.0. The van der Waals surface area contributed by atoms with Crippen molar-refractivity contribution in [3.8, 4) is 16.8 Å². The molecule has 0 saturated carbocycles.